The molecule has 0 aliphatic carbocycles. The Bertz CT molecular complexity index is 743. The van der Waals surface area contributed by atoms with Crippen LogP contribution in [0.1, 0.15) is 15.9 Å². The zero-order valence-electron chi connectivity index (χ0n) is 13.1. The molecule has 0 aromatic heterocycles. The predicted octanol–water partition coefficient (Wildman–Crippen LogP) is 3.26. The van der Waals surface area contributed by atoms with E-state index in [0.29, 0.717) is 29.5 Å². The molecule has 124 valence electrons. The molecule has 0 spiro atoms. The minimum absolute atomic E-state index is 0.233. The second-order valence-corrected chi connectivity index (χ2v) is 5.78. The summed E-state index contributed by atoms with van der Waals surface area (Å²) in [4.78, 5) is 12.3. The maximum atomic E-state index is 12.3. The summed E-state index contributed by atoms with van der Waals surface area (Å²) >= 11 is 6.05. The third-order valence-electron chi connectivity index (χ3n) is 3.62. The van der Waals surface area contributed by atoms with Crippen LogP contribution < -0.4 is 5.32 Å². The van der Waals surface area contributed by atoms with E-state index in [9.17, 15) is 4.79 Å². The molecule has 5 nitrogen and oxygen atoms in total. The summed E-state index contributed by atoms with van der Waals surface area (Å²) in [6.07, 6.45) is 1.79. The van der Waals surface area contributed by atoms with Crippen LogP contribution in [0.25, 0.3) is 0 Å². The van der Waals surface area contributed by atoms with E-state index < -0.39 is 0 Å². The highest BCUT2D eigenvalue weighted by Gasteiger charge is 2.10. The molecule has 1 aliphatic heterocycles. The van der Waals surface area contributed by atoms with Gasteiger partial charge in [-0.2, -0.15) is 5.10 Å². The van der Waals surface area contributed by atoms with Gasteiger partial charge < -0.3 is 10.1 Å². The summed E-state index contributed by atoms with van der Waals surface area (Å²) < 4.78 is 5.29. The van der Waals surface area contributed by atoms with E-state index >= 15 is 0 Å². The standard InChI is InChI=1S/C18H18ClN3O2/c19-17-7-2-1-6-16(17)18(23)21-15-5-3-4-14(12-15)13-20-22-8-10-24-11-9-22/h1-7,12-13H,8-11H2,(H,21,23)/b20-13-. The van der Waals surface area contributed by atoms with Crippen molar-refractivity contribution in [2.45, 2.75) is 0 Å². The van der Waals surface area contributed by atoms with Crippen LogP contribution in [0.2, 0.25) is 5.02 Å². The van der Waals surface area contributed by atoms with Crippen molar-refractivity contribution in [3.63, 3.8) is 0 Å². The van der Waals surface area contributed by atoms with Crippen molar-refractivity contribution in [3.05, 3.63) is 64.7 Å². The lowest BCUT2D eigenvalue weighted by Gasteiger charge is -2.23. The summed E-state index contributed by atoms with van der Waals surface area (Å²) in [5.74, 6) is -0.233. The number of carbonyl (C=O) groups excluding carboxylic acids is 1. The summed E-state index contributed by atoms with van der Waals surface area (Å²) in [5, 5.41) is 9.70. The van der Waals surface area contributed by atoms with Crippen LogP contribution in [0.4, 0.5) is 5.69 Å². The van der Waals surface area contributed by atoms with E-state index in [0.717, 1.165) is 18.7 Å². The lowest BCUT2D eigenvalue weighted by Crippen LogP contribution is -2.32. The highest BCUT2D eigenvalue weighted by Crippen LogP contribution is 2.17. The molecule has 0 saturated carbocycles. The fraction of sp³-hybridized carbons (Fsp3) is 0.222. The van der Waals surface area contributed by atoms with Gasteiger partial charge in [-0.15, -0.1) is 0 Å². The first-order chi connectivity index (χ1) is 11.7. The highest BCUT2D eigenvalue weighted by molar-refractivity contribution is 6.34. The van der Waals surface area contributed by atoms with E-state index in [1.807, 2.05) is 29.3 Å². The van der Waals surface area contributed by atoms with Crippen LogP contribution in [-0.4, -0.2) is 43.4 Å². The van der Waals surface area contributed by atoms with Gasteiger partial charge in [-0.1, -0.05) is 35.9 Å². The Labute approximate surface area is 145 Å². The first kappa shape index (κ1) is 16.5. The van der Waals surface area contributed by atoms with E-state index in [-0.39, 0.29) is 5.91 Å². The minimum atomic E-state index is -0.233. The average molecular weight is 344 g/mol. The molecule has 3 rings (SSSR count). The first-order valence-electron chi connectivity index (χ1n) is 7.75. The molecule has 0 unspecified atom stereocenters. The third-order valence-corrected chi connectivity index (χ3v) is 3.95. The number of nitrogens with one attached hydrogen (secondary N) is 1. The van der Waals surface area contributed by atoms with Crippen molar-refractivity contribution < 1.29 is 9.53 Å². The van der Waals surface area contributed by atoms with Crippen molar-refractivity contribution in [2.75, 3.05) is 31.6 Å². The fourth-order valence-electron chi connectivity index (χ4n) is 2.36. The third kappa shape index (κ3) is 4.34. The Morgan fingerprint density at radius 1 is 1.17 bits per heavy atom. The number of hydrazone groups is 1. The van der Waals surface area contributed by atoms with E-state index in [1.165, 1.54) is 0 Å². The Balaban J connectivity index is 1.68. The van der Waals surface area contributed by atoms with Crippen molar-refractivity contribution in [2.24, 2.45) is 5.10 Å². The molecule has 0 atom stereocenters. The van der Waals surface area contributed by atoms with Gasteiger partial charge in [0.25, 0.3) is 5.91 Å². The number of hydrogen-bond acceptors (Lipinski definition) is 4. The molecule has 1 fully saturated rings. The topological polar surface area (TPSA) is 53.9 Å². The summed E-state index contributed by atoms with van der Waals surface area (Å²) in [5.41, 5.74) is 2.07. The fourth-order valence-corrected chi connectivity index (χ4v) is 2.58. The van der Waals surface area contributed by atoms with Crippen LogP contribution in [0.15, 0.2) is 53.6 Å². The number of morpholine rings is 1. The van der Waals surface area contributed by atoms with Gasteiger partial charge in [0, 0.05) is 5.69 Å². The Morgan fingerprint density at radius 3 is 2.75 bits per heavy atom. The average Bonchev–Trinajstić information content (AvgIpc) is 2.61. The molecule has 24 heavy (non-hydrogen) atoms. The highest BCUT2D eigenvalue weighted by atomic mass is 35.5. The van der Waals surface area contributed by atoms with Gasteiger partial charge >= 0.3 is 0 Å². The molecule has 1 amide bonds. The number of halogens is 1. The molecule has 1 aliphatic rings. The lowest BCUT2D eigenvalue weighted by atomic mass is 10.2. The predicted molar refractivity (Wildman–Crippen MR) is 95.8 cm³/mol. The zero-order valence-corrected chi connectivity index (χ0v) is 13.9. The quantitative estimate of drug-likeness (QED) is 0.867. The van der Waals surface area contributed by atoms with Crippen molar-refractivity contribution in [1.29, 1.82) is 0 Å². The normalized spacial score (nSPS) is 14.8. The molecule has 0 bridgehead atoms. The molecule has 0 radical (unpaired) electrons. The number of rotatable bonds is 4. The number of benzene rings is 2. The smallest absolute Gasteiger partial charge is 0.257 e. The second kappa shape index (κ2) is 7.95. The molecule has 1 N–H and O–H groups in total. The van der Waals surface area contributed by atoms with Crippen LogP contribution >= 0.6 is 11.6 Å². The van der Waals surface area contributed by atoms with Crippen LogP contribution in [0, 0.1) is 0 Å². The van der Waals surface area contributed by atoms with Gasteiger partial charge in [0.2, 0.25) is 0 Å². The summed E-state index contributed by atoms with van der Waals surface area (Å²) in [6.45, 7) is 2.98. The Kier molecular flexibility index (Phi) is 5.46. The molecule has 1 heterocycles. The van der Waals surface area contributed by atoms with Gasteiger partial charge in [0.05, 0.1) is 43.1 Å². The number of amides is 1. The molecule has 6 heteroatoms. The Hall–Kier alpha value is -2.37. The van der Waals surface area contributed by atoms with Gasteiger partial charge in [0.1, 0.15) is 0 Å². The maximum Gasteiger partial charge on any atom is 0.257 e. The number of anilines is 1. The van der Waals surface area contributed by atoms with E-state index in [1.54, 1.807) is 30.5 Å². The molecular weight excluding hydrogens is 326 g/mol. The molecular formula is C18H18ClN3O2. The molecule has 2 aromatic carbocycles. The van der Waals surface area contributed by atoms with Crippen molar-refractivity contribution in [3.8, 4) is 0 Å². The monoisotopic (exact) mass is 343 g/mol. The van der Waals surface area contributed by atoms with Crippen LogP contribution in [0.3, 0.4) is 0 Å². The number of nitrogens with zero attached hydrogens (tertiary/aromatic N) is 2. The van der Waals surface area contributed by atoms with Crippen LogP contribution in [0.5, 0.6) is 0 Å². The molecule has 1 saturated heterocycles. The van der Waals surface area contributed by atoms with Gasteiger partial charge in [0.15, 0.2) is 0 Å². The first-order valence-corrected chi connectivity index (χ1v) is 8.13. The maximum absolute atomic E-state index is 12.3. The van der Waals surface area contributed by atoms with Gasteiger partial charge in [-0.3, -0.25) is 9.80 Å². The molecule has 2 aromatic rings. The van der Waals surface area contributed by atoms with Crippen molar-refractivity contribution in [1.82, 2.24) is 5.01 Å². The van der Waals surface area contributed by atoms with Gasteiger partial charge in [-0.25, -0.2) is 0 Å². The zero-order chi connectivity index (χ0) is 16.8. The summed E-state index contributed by atoms with van der Waals surface area (Å²) in [6, 6.07) is 14.5. The van der Waals surface area contributed by atoms with Gasteiger partial charge in [-0.05, 0) is 29.8 Å². The van der Waals surface area contributed by atoms with Crippen molar-refractivity contribution >= 4 is 29.4 Å². The SMILES string of the molecule is O=C(Nc1cccc(/C=N\N2CCOCC2)c1)c1ccccc1Cl. The lowest BCUT2D eigenvalue weighted by molar-refractivity contribution is 0.0397. The van der Waals surface area contributed by atoms with E-state index in [4.69, 9.17) is 16.3 Å². The summed E-state index contributed by atoms with van der Waals surface area (Å²) in [7, 11) is 0. The second-order valence-electron chi connectivity index (χ2n) is 5.37. The minimum Gasteiger partial charge on any atom is -0.378 e. The Morgan fingerprint density at radius 2 is 1.96 bits per heavy atom. The number of carbonyl (C=O) groups is 1. The number of hydrogen-bond donors (Lipinski definition) is 1. The number of ether oxygens (including phenoxy) is 1. The van der Waals surface area contributed by atoms with E-state index in [2.05, 4.69) is 10.4 Å². The van der Waals surface area contributed by atoms with Crippen LogP contribution in [-0.2, 0) is 4.74 Å². The largest absolute Gasteiger partial charge is 0.378 e.